The van der Waals surface area contributed by atoms with Crippen LogP contribution in [0.3, 0.4) is 0 Å². The molecule has 3 aliphatic rings. The molecule has 0 bridgehead atoms. The highest BCUT2D eigenvalue weighted by Gasteiger charge is 2.50. The number of benzene rings is 1. The summed E-state index contributed by atoms with van der Waals surface area (Å²) in [6.45, 7) is 6.59. The normalized spacial score (nSPS) is 30.8. The van der Waals surface area contributed by atoms with E-state index in [-0.39, 0.29) is 18.5 Å². The smallest absolute Gasteiger partial charge is 0.325 e. The number of fused-ring (bicyclic) bond motifs is 1. The van der Waals surface area contributed by atoms with E-state index in [2.05, 4.69) is 24.5 Å². The van der Waals surface area contributed by atoms with Crippen molar-refractivity contribution in [1.82, 2.24) is 15.5 Å². The molecule has 1 aliphatic carbocycles. The molecule has 0 aromatic heterocycles. The van der Waals surface area contributed by atoms with Gasteiger partial charge in [-0.2, -0.15) is 0 Å². The Morgan fingerprint density at radius 1 is 1.20 bits per heavy atom. The van der Waals surface area contributed by atoms with E-state index in [0.29, 0.717) is 42.1 Å². The summed E-state index contributed by atoms with van der Waals surface area (Å²) in [7, 11) is 0. The van der Waals surface area contributed by atoms with Crippen LogP contribution in [-0.2, 0) is 15.1 Å². The van der Waals surface area contributed by atoms with Crippen LogP contribution in [0.25, 0.3) is 0 Å². The molecule has 8 heteroatoms. The molecular formula is C22H29N3O5. The lowest BCUT2D eigenvalue weighted by molar-refractivity contribution is -0.135. The molecular weight excluding hydrogens is 386 g/mol. The predicted molar refractivity (Wildman–Crippen MR) is 109 cm³/mol. The van der Waals surface area contributed by atoms with E-state index < -0.39 is 17.5 Å². The van der Waals surface area contributed by atoms with E-state index in [1.807, 2.05) is 0 Å². The summed E-state index contributed by atoms with van der Waals surface area (Å²) < 4.78 is 11.1. The Balaban J connectivity index is 1.46. The van der Waals surface area contributed by atoms with E-state index in [4.69, 9.17) is 9.47 Å². The summed E-state index contributed by atoms with van der Waals surface area (Å²) in [6, 6.07) is 4.68. The van der Waals surface area contributed by atoms with Gasteiger partial charge in [-0.3, -0.25) is 14.5 Å². The molecule has 30 heavy (non-hydrogen) atoms. The van der Waals surface area contributed by atoms with E-state index in [0.717, 1.165) is 24.2 Å². The number of amides is 4. The number of rotatable bonds is 4. The zero-order valence-corrected chi connectivity index (χ0v) is 17.7. The Bertz CT molecular complexity index is 872. The largest absolute Gasteiger partial charge is 0.486 e. The molecule has 2 heterocycles. The first-order chi connectivity index (χ1) is 14.3. The fourth-order valence-electron chi connectivity index (χ4n) is 4.57. The molecule has 0 unspecified atom stereocenters. The van der Waals surface area contributed by atoms with Gasteiger partial charge in [-0.15, -0.1) is 0 Å². The first-order valence-corrected chi connectivity index (χ1v) is 10.6. The number of hydrogen-bond donors (Lipinski definition) is 2. The van der Waals surface area contributed by atoms with E-state index in [1.165, 1.54) is 0 Å². The maximum absolute atomic E-state index is 13.1. The zero-order chi connectivity index (χ0) is 21.5. The van der Waals surface area contributed by atoms with Crippen LogP contribution in [0.4, 0.5) is 4.79 Å². The van der Waals surface area contributed by atoms with Gasteiger partial charge >= 0.3 is 6.03 Å². The molecule has 8 nitrogen and oxygen atoms in total. The molecule has 2 N–H and O–H groups in total. The lowest BCUT2D eigenvalue weighted by Crippen LogP contribution is -2.49. The second-order valence-electron chi connectivity index (χ2n) is 8.75. The average Bonchev–Trinajstić information content (AvgIpc) is 2.95. The number of imide groups is 1. The first kappa shape index (κ1) is 20.5. The minimum absolute atomic E-state index is 0.0752. The highest BCUT2D eigenvalue weighted by molar-refractivity contribution is 6.09. The summed E-state index contributed by atoms with van der Waals surface area (Å²) in [5, 5.41) is 5.76. The lowest BCUT2D eigenvalue weighted by Gasteiger charge is -2.34. The molecule has 4 atom stereocenters. The van der Waals surface area contributed by atoms with Crippen molar-refractivity contribution in [3.8, 4) is 11.5 Å². The Hall–Kier alpha value is -2.77. The molecule has 1 aromatic carbocycles. The van der Waals surface area contributed by atoms with Crippen molar-refractivity contribution < 1.29 is 23.9 Å². The number of hydrogen-bond acceptors (Lipinski definition) is 5. The number of nitrogens with zero attached hydrogens (tertiary/aromatic N) is 1. The molecule has 4 amide bonds. The number of carbonyl (C=O) groups is 3. The summed E-state index contributed by atoms with van der Waals surface area (Å²) in [5.41, 5.74) is -0.678. The van der Waals surface area contributed by atoms with Crippen LogP contribution in [0.15, 0.2) is 18.2 Å². The summed E-state index contributed by atoms with van der Waals surface area (Å²) >= 11 is 0. The molecule has 162 valence electrons. The summed E-state index contributed by atoms with van der Waals surface area (Å²) in [6.07, 6.45) is 3.16. The fraction of sp³-hybridized carbons (Fsp3) is 0.591. The minimum Gasteiger partial charge on any atom is -0.486 e. The number of ether oxygens (including phenoxy) is 2. The molecule has 2 fully saturated rings. The van der Waals surface area contributed by atoms with Crippen LogP contribution in [0, 0.1) is 11.8 Å². The van der Waals surface area contributed by atoms with Gasteiger partial charge in [0.1, 0.15) is 25.3 Å². The monoisotopic (exact) mass is 415 g/mol. The van der Waals surface area contributed by atoms with Gasteiger partial charge in [-0.05, 0) is 42.9 Å². The third-order valence-corrected chi connectivity index (χ3v) is 6.75. The number of urea groups is 1. The highest BCUT2D eigenvalue weighted by Crippen LogP contribution is 2.37. The van der Waals surface area contributed by atoms with Crippen LogP contribution >= 0.6 is 0 Å². The van der Waals surface area contributed by atoms with Gasteiger partial charge in [0.15, 0.2) is 11.5 Å². The van der Waals surface area contributed by atoms with Crippen molar-refractivity contribution in [3.63, 3.8) is 0 Å². The van der Waals surface area contributed by atoms with Gasteiger partial charge in [0.25, 0.3) is 5.91 Å². The van der Waals surface area contributed by atoms with Crippen LogP contribution in [-0.4, -0.2) is 48.5 Å². The fourth-order valence-corrected chi connectivity index (χ4v) is 4.57. The summed E-state index contributed by atoms with van der Waals surface area (Å²) in [4.78, 5) is 39.3. The van der Waals surface area contributed by atoms with Gasteiger partial charge in [0.05, 0.1) is 0 Å². The van der Waals surface area contributed by atoms with E-state index >= 15 is 0 Å². The second-order valence-corrected chi connectivity index (χ2v) is 8.75. The Kier molecular flexibility index (Phi) is 5.34. The Morgan fingerprint density at radius 2 is 1.93 bits per heavy atom. The van der Waals surface area contributed by atoms with Crippen molar-refractivity contribution in [1.29, 1.82) is 0 Å². The minimum atomic E-state index is -1.26. The molecule has 1 saturated heterocycles. The molecule has 2 aliphatic heterocycles. The van der Waals surface area contributed by atoms with Gasteiger partial charge in [0, 0.05) is 6.04 Å². The van der Waals surface area contributed by atoms with Crippen molar-refractivity contribution in [2.45, 2.75) is 51.6 Å². The van der Waals surface area contributed by atoms with Gasteiger partial charge < -0.3 is 20.1 Å². The molecule has 1 saturated carbocycles. The topological polar surface area (TPSA) is 97.0 Å². The van der Waals surface area contributed by atoms with Crippen molar-refractivity contribution >= 4 is 17.8 Å². The summed E-state index contributed by atoms with van der Waals surface area (Å²) in [5.74, 6) is 1.30. The van der Waals surface area contributed by atoms with Crippen molar-refractivity contribution in [2.75, 3.05) is 19.8 Å². The molecule has 0 radical (unpaired) electrons. The second kappa shape index (κ2) is 7.81. The SMILES string of the molecule is C[C@@H]1[C@H](C)CCC[C@@H]1NC(=O)CN1C(=O)N[C@](C)(c2ccc3c(c2)OCCO3)C1=O. The van der Waals surface area contributed by atoms with E-state index in [9.17, 15) is 14.4 Å². The predicted octanol–water partition coefficient (Wildman–Crippen LogP) is 2.17. The molecule has 1 aromatic rings. The lowest BCUT2D eigenvalue weighted by atomic mass is 9.78. The Labute approximate surface area is 176 Å². The quantitative estimate of drug-likeness (QED) is 0.735. The Morgan fingerprint density at radius 3 is 2.70 bits per heavy atom. The van der Waals surface area contributed by atoms with Gasteiger partial charge in [-0.1, -0.05) is 32.8 Å². The standard InChI is InChI=1S/C22H29N3O5/c1-13-5-4-6-16(14(13)2)23-19(26)12-25-20(27)22(3,24-21(25)28)15-7-8-17-18(11-15)30-10-9-29-17/h7-8,11,13-14,16H,4-6,9-10,12H2,1-3H3,(H,23,26)(H,24,28)/t13-,14-,16+,22-/m1/s1. The van der Waals surface area contributed by atoms with Crippen LogP contribution in [0.1, 0.15) is 45.6 Å². The number of nitrogens with one attached hydrogen (secondary N) is 2. The van der Waals surface area contributed by atoms with Crippen molar-refractivity contribution in [2.24, 2.45) is 11.8 Å². The van der Waals surface area contributed by atoms with Crippen molar-refractivity contribution in [3.05, 3.63) is 23.8 Å². The van der Waals surface area contributed by atoms with Crippen LogP contribution < -0.4 is 20.1 Å². The third-order valence-electron chi connectivity index (χ3n) is 6.75. The maximum atomic E-state index is 13.1. The highest BCUT2D eigenvalue weighted by atomic mass is 16.6. The van der Waals surface area contributed by atoms with E-state index in [1.54, 1.807) is 25.1 Å². The molecule has 0 spiro atoms. The maximum Gasteiger partial charge on any atom is 0.325 e. The molecule has 4 rings (SSSR count). The third kappa shape index (κ3) is 3.59. The first-order valence-electron chi connectivity index (χ1n) is 10.6. The average molecular weight is 415 g/mol. The van der Waals surface area contributed by atoms with Crippen LogP contribution in [0.2, 0.25) is 0 Å². The van der Waals surface area contributed by atoms with Crippen LogP contribution in [0.5, 0.6) is 11.5 Å². The number of carbonyl (C=O) groups excluding carboxylic acids is 3. The van der Waals surface area contributed by atoms with Gasteiger partial charge in [-0.25, -0.2) is 4.79 Å². The van der Waals surface area contributed by atoms with Gasteiger partial charge in [0.2, 0.25) is 5.91 Å². The zero-order valence-electron chi connectivity index (χ0n) is 17.7.